The second-order valence-electron chi connectivity index (χ2n) is 4.71. The average molecular weight is 232 g/mol. The van der Waals surface area contributed by atoms with E-state index in [4.69, 9.17) is 4.74 Å². The predicted octanol–water partition coefficient (Wildman–Crippen LogP) is 1.71. The van der Waals surface area contributed by atoms with E-state index in [0.29, 0.717) is 0 Å². The highest BCUT2D eigenvalue weighted by atomic mass is 16.5. The Labute approximate surface area is 99.8 Å². The number of hydrogen-bond acceptors (Lipinski definition) is 4. The van der Waals surface area contributed by atoms with Crippen LogP contribution in [0.15, 0.2) is 24.4 Å². The first-order valence-corrected chi connectivity index (χ1v) is 5.94. The number of nitrogens with one attached hydrogen (secondary N) is 1. The molecule has 0 amide bonds. The van der Waals surface area contributed by atoms with E-state index in [1.54, 1.807) is 0 Å². The summed E-state index contributed by atoms with van der Waals surface area (Å²) in [5.74, 6) is 0.775. The van der Waals surface area contributed by atoms with Crippen molar-refractivity contribution in [3.8, 4) is 0 Å². The van der Waals surface area contributed by atoms with E-state index >= 15 is 0 Å². The molecular weight excluding hydrogens is 216 g/mol. The number of ether oxygens (including phenoxy) is 1. The lowest BCUT2D eigenvalue weighted by molar-refractivity contribution is 0.0314. The Balaban J connectivity index is 1.76. The van der Waals surface area contributed by atoms with E-state index in [1.165, 1.54) is 0 Å². The highest BCUT2D eigenvalue weighted by molar-refractivity contribution is 5.44. The van der Waals surface area contributed by atoms with Gasteiger partial charge in [-0.25, -0.2) is 0 Å². The summed E-state index contributed by atoms with van der Waals surface area (Å²) in [5, 5.41) is 11.5. The molecule has 1 fully saturated rings. The molecular formula is C12H16N4O. The summed E-state index contributed by atoms with van der Waals surface area (Å²) >= 11 is 0. The van der Waals surface area contributed by atoms with Crippen LogP contribution >= 0.6 is 0 Å². The topological polar surface area (TPSA) is 51.5 Å². The fraction of sp³-hybridized carbons (Fsp3) is 0.500. The maximum absolute atomic E-state index is 5.73. The predicted molar refractivity (Wildman–Crippen MR) is 65.1 cm³/mol. The van der Waals surface area contributed by atoms with Gasteiger partial charge in [0.2, 0.25) is 5.95 Å². The summed E-state index contributed by atoms with van der Waals surface area (Å²) in [6, 6.07) is 5.86. The molecule has 0 spiro atoms. The number of hydrogen-bond donors (Lipinski definition) is 1. The van der Waals surface area contributed by atoms with Crippen LogP contribution in [0.1, 0.15) is 19.8 Å². The fourth-order valence-corrected chi connectivity index (χ4v) is 2.20. The van der Waals surface area contributed by atoms with Gasteiger partial charge in [0.1, 0.15) is 0 Å². The van der Waals surface area contributed by atoms with Crippen LogP contribution in [0.3, 0.4) is 0 Å². The zero-order chi connectivity index (χ0) is 11.7. The maximum atomic E-state index is 5.73. The van der Waals surface area contributed by atoms with Crippen molar-refractivity contribution in [1.29, 1.82) is 0 Å². The van der Waals surface area contributed by atoms with Gasteiger partial charge in [-0.15, -0.1) is 10.2 Å². The van der Waals surface area contributed by atoms with Crippen LogP contribution in [0.4, 0.5) is 5.95 Å². The first-order chi connectivity index (χ1) is 8.27. The molecule has 2 aromatic heterocycles. The van der Waals surface area contributed by atoms with Crippen molar-refractivity contribution in [2.24, 2.45) is 0 Å². The first-order valence-electron chi connectivity index (χ1n) is 5.94. The monoisotopic (exact) mass is 232 g/mol. The van der Waals surface area contributed by atoms with Gasteiger partial charge in [0, 0.05) is 19.3 Å². The third-order valence-electron chi connectivity index (χ3n) is 3.23. The molecule has 3 rings (SSSR count). The molecule has 1 aliphatic heterocycles. The Morgan fingerprint density at radius 1 is 1.47 bits per heavy atom. The Bertz CT molecular complexity index is 516. The summed E-state index contributed by atoms with van der Waals surface area (Å²) in [7, 11) is 0. The molecule has 1 saturated heterocycles. The van der Waals surface area contributed by atoms with Gasteiger partial charge in [0.05, 0.1) is 5.60 Å². The normalized spacial score (nSPS) is 24.3. The quantitative estimate of drug-likeness (QED) is 0.875. The van der Waals surface area contributed by atoms with Crippen molar-refractivity contribution in [3.05, 3.63) is 24.4 Å². The highest BCUT2D eigenvalue weighted by Crippen LogP contribution is 2.25. The molecule has 0 aliphatic carbocycles. The van der Waals surface area contributed by atoms with E-state index in [2.05, 4.69) is 22.4 Å². The molecule has 1 N–H and O–H groups in total. The van der Waals surface area contributed by atoms with Gasteiger partial charge >= 0.3 is 0 Å². The fourth-order valence-electron chi connectivity index (χ4n) is 2.20. The van der Waals surface area contributed by atoms with Gasteiger partial charge in [-0.1, -0.05) is 6.07 Å². The smallest absolute Gasteiger partial charge is 0.229 e. The first kappa shape index (κ1) is 10.5. The standard InChI is InChI=1S/C12H16N4O/c1-12(6-4-8-17-12)9-13-11-15-14-10-5-2-3-7-16(10)11/h2-3,5,7H,4,6,8-9H2,1H3,(H,13,15). The maximum Gasteiger partial charge on any atom is 0.229 e. The Morgan fingerprint density at radius 3 is 3.24 bits per heavy atom. The molecule has 90 valence electrons. The molecule has 5 nitrogen and oxygen atoms in total. The lowest BCUT2D eigenvalue weighted by atomic mass is 10.0. The van der Waals surface area contributed by atoms with Crippen LogP contribution in [-0.4, -0.2) is 33.4 Å². The summed E-state index contributed by atoms with van der Waals surface area (Å²) in [6.07, 6.45) is 4.19. The molecule has 5 heteroatoms. The van der Waals surface area contributed by atoms with Crippen molar-refractivity contribution in [3.63, 3.8) is 0 Å². The summed E-state index contributed by atoms with van der Waals surface area (Å²) < 4.78 is 7.67. The second kappa shape index (κ2) is 4.00. The van der Waals surface area contributed by atoms with Crippen LogP contribution in [0.2, 0.25) is 0 Å². The van der Waals surface area contributed by atoms with E-state index in [1.807, 2.05) is 28.8 Å². The molecule has 2 aromatic rings. The third kappa shape index (κ3) is 1.98. The van der Waals surface area contributed by atoms with Crippen LogP contribution in [0.5, 0.6) is 0 Å². The van der Waals surface area contributed by atoms with Gasteiger partial charge in [-0.3, -0.25) is 4.40 Å². The van der Waals surface area contributed by atoms with Crippen molar-refractivity contribution in [2.45, 2.75) is 25.4 Å². The lowest BCUT2D eigenvalue weighted by Crippen LogP contribution is -2.33. The van der Waals surface area contributed by atoms with E-state index in [0.717, 1.165) is 37.6 Å². The van der Waals surface area contributed by atoms with Crippen LogP contribution in [0, 0.1) is 0 Å². The number of rotatable bonds is 3. The van der Waals surface area contributed by atoms with E-state index in [9.17, 15) is 0 Å². The van der Waals surface area contributed by atoms with Crippen molar-refractivity contribution in [1.82, 2.24) is 14.6 Å². The Morgan fingerprint density at radius 2 is 2.41 bits per heavy atom. The van der Waals surface area contributed by atoms with Crippen LogP contribution in [0.25, 0.3) is 5.65 Å². The largest absolute Gasteiger partial charge is 0.373 e. The molecule has 0 radical (unpaired) electrons. The zero-order valence-electron chi connectivity index (χ0n) is 9.89. The van der Waals surface area contributed by atoms with E-state index in [-0.39, 0.29) is 5.60 Å². The van der Waals surface area contributed by atoms with Crippen LogP contribution < -0.4 is 5.32 Å². The number of fused-ring (bicyclic) bond motifs is 1. The lowest BCUT2D eigenvalue weighted by Gasteiger charge is -2.23. The minimum atomic E-state index is -0.0688. The molecule has 17 heavy (non-hydrogen) atoms. The SMILES string of the molecule is CC1(CNc2nnc3ccccn23)CCCO1. The average Bonchev–Trinajstić information content (AvgIpc) is 2.94. The molecule has 1 aliphatic rings. The number of nitrogens with zero attached hydrogens (tertiary/aromatic N) is 3. The van der Waals surface area contributed by atoms with Gasteiger partial charge in [0.15, 0.2) is 5.65 Å². The summed E-state index contributed by atoms with van der Waals surface area (Å²) in [6.45, 7) is 3.76. The number of anilines is 1. The van der Waals surface area contributed by atoms with E-state index < -0.39 is 0 Å². The van der Waals surface area contributed by atoms with Gasteiger partial charge in [-0.05, 0) is 31.9 Å². The highest BCUT2D eigenvalue weighted by Gasteiger charge is 2.29. The van der Waals surface area contributed by atoms with Gasteiger partial charge in [-0.2, -0.15) is 0 Å². The molecule has 3 heterocycles. The Hall–Kier alpha value is -1.62. The van der Waals surface area contributed by atoms with Crippen molar-refractivity contribution in [2.75, 3.05) is 18.5 Å². The molecule has 0 saturated carbocycles. The number of aromatic nitrogens is 3. The zero-order valence-corrected chi connectivity index (χ0v) is 9.89. The van der Waals surface area contributed by atoms with Gasteiger partial charge < -0.3 is 10.1 Å². The molecule has 1 atom stereocenters. The van der Waals surface area contributed by atoms with Crippen molar-refractivity contribution >= 4 is 11.6 Å². The Kier molecular flexibility index (Phi) is 2.48. The molecule has 0 aromatic carbocycles. The second-order valence-corrected chi connectivity index (χ2v) is 4.71. The summed E-state index contributed by atoms with van der Waals surface area (Å²) in [4.78, 5) is 0. The van der Waals surface area contributed by atoms with Crippen LogP contribution in [-0.2, 0) is 4.74 Å². The summed E-state index contributed by atoms with van der Waals surface area (Å²) in [5.41, 5.74) is 0.785. The number of pyridine rings is 1. The van der Waals surface area contributed by atoms with Gasteiger partial charge in [0.25, 0.3) is 0 Å². The minimum absolute atomic E-state index is 0.0688. The third-order valence-corrected chi connectivity index (χ3v) is 3.23. The molecule has 0 bridgehead atoms. The minimum Gasteiger partial charge on any atom is -0.373 e. The van der Waals surface area contributed by atoms with Crippen molar-refractivity contribution < 1.29 is 4.74 Å². The molecule has 1 unspecified atom stereocenters.